The molecule has 0 bridgehead atoms. The van der Waals surface area contributed by atoms with Gasteiger partial charge >= 0.3 is 0 Å². The van der Waals surface area contributed by atoms with Crippen molar-refractivity contribution in [3.8, 4) is 0 Å². The van der Waals surface area contributed by atoms with Crippen LogP contribution in [0.3, 0.4) is 0 Å². The molecule has 1 aromatic rings. The Morgan fingerprint density at radius 2 is 2.11 bits per heavy atom. The van der Waals surface area contributed by atoms with Crippen LogP contribution in [0.2, 0.25) is 0 Å². The van der Waals surface area contributed by atoms with Crippen molar-refractivity contribution in [3.63, 3.8) is 0 Å². The molecule has 0 aromatic heterocycles. The summed E-state index contributed by atoms with van der Waals surface area (Å²) in [6, 6.07) is 4.82. The van der Waals surface area contributed by atoms with E-state index in [2.05, 4.69) is 0 Å². The lowest BCUT2D eigenvalue weighted by Crippen LogP contribution is -2.04. The highest BCUT2D eigenvalue weighted by Crippen LogP contribution is 2.54. The first kappa shape index (κ1) is 14.2. The predicted octanol–water partition coefficient (Wildman–Crippen LogP) is 3.12. The summed E-state index contributed by atoms with van der Waals surface area (Å²) in [5.74, 6) is 0. The van der Waals surface area contributed by atoms with Crippen molar-refractivity contribution in [1.29, 1.82) is 0 Å². The fourth-order valence-electron chi connectivity index (χ4n) is 1.97. The highest BCUT2D eigenvalue weighted by Gasteiger charge is 2.36. The van der Waals surface area contributed by atoms with Crippen LogP contribution in [0.15, 0.2) is 18.2 Å². The van der Waals surface area contributed by atoms with Gasteiger partial charge in [0.25, 0.3) is 13.2 Å². The molecule has 1 aromatic carbocycles. The van der Waals surface area contributed by atoms with Crippen molar-refractivity contribution < 1.29 is 14.0 Å². The van der Waals surface area contributed by atoms with E-state index in [4.69, 9.17) is 4.52 Å². The van der Waals surface area contributed by atoms with E-state index in [-0.39, 0.29) is 11.8 Å². The standard InChI is InChI=1S/C12H17N2O4P/c1-9-8-11(4-5-12(9)14(15)16)10(2)18-19(3,17)13-6-7-13/h4-5,8,10H,6-7H2,1-3H3. The summed E-state index contributed by atoms with van der Waals surface area (Å²) in [6.45, 7) is 6.71. The molecule has 0 radical (unpaired) electrons. The molecule has 0 aliphatic carbocycles. The normalized spacial score (nSPS) is 19.7. The summed E-state index contributed by atoms with van der Waals surface area (Å²) in [5.41, 5.74) is 1.46. The molecule has 0 spiro atoms. The van der Waals surface area contributed by atoms with Gasteiger partial charge in [0.05, 0.1) is 11.0 Å². The van der Waals surface area contributed by atoms with Gasteiger partial charge in [0.1, 0.15) is 0 Å². The van der Waals surface area contributed by atoms with Gasteiger partial charge < -0.3 is 4.52 Å². The second kappa shape index (κ2) is 5.04. The SMILES string of the molecule is Cc1cc(C(C)OP(C)(=O)N2CC2)ccc1[N+](=O)[O-]. The number of hydrogen-bond donors (Lipinski definition) is 0. The van der Waals surface area contributed by atoms with E-state index in [0.29, 0.717) is 5.56 Å². The zero-order valence-electron chi connectivity index (χ0n) is 11.2. The predicted molar refractivity (Wildman–Crippen MR) is 72.4 cm³/mol. The molecule has 7 heteroatoms. The molecular weight excluding hydrogens is 267 g/mol. The van der Waals surface area contributed by atoms with Crippen LogP contribution >= 0.6 is 7.52 Å². The molecule has 1 aliphatic heterocycles. The Labute approximate surface area is 112 Å². The number of rotatable bonds is 5. The molecule has 1 aliphatic rings. The minimum Gasteiger partial charge on any atom is -0.310 e. The second-order valence-corrected chi connectivity index (χ2v) is 7.19. The van der Waals surface area contributed by atoms with Crippen molar-refractivity contribution in [3.05, 3.63) is 39.4 Å². The van der Waals surface area contributed by atoms with Crippen molar-refractivity contribution in [1.82, 2.24) is 4.67 Å². The van der Waals surface area contributed by atoms with Crippen LogP contribution in [0.1, 0.15) is 24.2 Å². The quantitative estimate of drug-likeness (QED) is 0.359. The van der Waals surface area contributed by atoms with Gasteiger partial charge in [0.2, 0.25) is 0 Å². The Morgan fingerprint density at radius 3 is 2.58 bits per heavy atom. The van der Waals surface area contributed by atoms with E-state index in [1.54, 1.807) is 37.3 Å². The number of hydrogen-bond acceptors (Lipinski definition) is 4. The molecule has 6 nitrogen and oxygen atoms in total. The lowest BCUT2D eigenvalue weighted by molar-refractivity contribution is -0.385. The van der Waals surface area contributed by atoms with E-state index in [9.17, 15) is 14.7 Å². The maximum atomic E-state index is 12.2. The second-order valence-electron chi connectivity index (χ2n) is 4.81. The first-order chi connectivity index (χ1) is 8.81. The van der Waals surface area contributed by atoms with E-state index >= 15 is 0 Å². The zero-order chi connectivity index (χ0) is 14.2. The Morgan fingerprint density at radius 1 is 1.47 bits per heavy atom. The summed E-state index contributed by atoms with van der Waals surface area (Å²) in [6.07, 6.45) is -0.351. The molecule has 104 valence electrons. The number of nitrogens with zero attached hydrogens (tertiary/aromatic N) is 2. The lowest BCUT2D eigenvalue weighted by atomic mass is 10.1. The van der Waals surface area contributed by atoms with Crippen molar-refractivity contribution in [2.24, 2.45) is 0 Å². The number of benzene rings is 1. The van der Waals surface area contributed by atoms with Gasteiger partial charge in [-0.2, -0.15) is 0 Å². The van der Waals surface area contributed by atoms with Gasteiger partial charge in [-0.15, -0.1) is 0 Å². The molecule has 1 heterocycles. The summed E-state index contributed by atoms with van der Waals surface area (Å²) < 4.78 is 19.6. The third-order valence-electron chi connectivity index (χ3n) is 3.18. The van der Waals surface area contributed by atoms with Crippen LogP contribution in [0.4, 0.5) is 5.69 Å². The Hall–Kier alpha value is -1.23. The third kappa shape index (κ3) is 3.21. The van der Waals surface area contributed by atoms with E-state index in [1.807, 2.05) is 0 Å². The van der Waals surface area contributed by atoms with Gasteiger partial charge in [-0.1, -0.05) is 0 Å². The van der Waals surface area contributed by atoms with Crippen molar-refractivity contribution in [2.75, 3.05) is 19.8 Å². The Kier molecular flexibility index (Phi) is 3.76. The first-order valence-corrected chi connectivity index (χ1v) is 8.10. The fourth-order valence-corrected chi connectivity index (χ4v) is 3.62. The van der Waals surface area contributed by atoms with Gasteiger partial charge in [0.15, 0.2) is 0 Å². The molecule has 2 unspecified atom stereocenters. The lowest BCUT2D eigenvalue weighted by Gasteiger charge is -2.20. The van der Waals surface area contributed by atoms with Crippen LogP contribution in [0, 0.1) is 17.0 Å². The summed E-state index contributed by atoms with van der Waals surface area (Å²) in [5, 5.41) is 10.8. The van der Waals surface area contributed by atoms with Gasteiger partial charge in [-0.05, 0) is 31.5 Å². The molecule has 0 amide bonds. The van der Waals surface area contributed by atoms with Crippen LogP contribution in [-0.2, 0) is 9.09 Å². The molecule has 2 rings (SSSR count). The van der Waals surface area contributed by atoms with Crippen molar-refractivity contribution in [2.45, 2.75) is 20.0 Å². The van der Waals surface area contributed by atoms with Crippen LogP contribution < -0.4 is 0 Å². The average molecular weight is 284 g/mol. The maximum absolute atomic E-state index is 12.2. The maximum Gasteiger partial charge on any atom is 0.272 e. The molecule has 2 atom stereocenters. The highest BCUT2D eigenvalue weighted by molar-refractivity contribution is 7.55. The minimum atomic E-state index is -2.72. The topological polar surface area (TPSA) is 72.5 Å². The van der Waals surface area contributed by atoms with E-state index < -0.39 is 12.4 Å². The first-order valence-electron chi connectivity index (χ1n) is 6.07. The molecule has 19 heavy (non-hydrogen) atoms. The summed E-state index contributed by atoms with van der Waals surface area (Å²) >= 11 is 0. The van der Waals surface area contributed by atoms with E-state index in [0.717, 1.165) is 18.7 Å². The average Bonchev–Trinajstić information content (AvgIpc) is 3.11. The van der Waals surface area contributed by atoms with E-state index in [1.165, 1.54) is 6.07 Å². The monoisotopic (exact) mass is 284 g/mol. The largest absolute Gasteiger partial charge is 0.310 e. The molecule has 1 fully saturated rings. The molecule has 1 saturated heterocycles. The van der Waals surface area contributed by atoms with Crippen LogP contribution in [-0.4, -0.2) is 29.3 Å². The van der Waals surface area contributed by atoms with Gasteiger partial charge in [0, 0.05) is 31.4 Å². The molecular formula is C12H17N2O4P. The van der Waals surface area contributed by atoms with Crippen LogP contribution in [0.5, 0.6) is 0 Å². The van der Waals surface area contributed by atoms with Gasteiger partial charge in [-0.3, -0.25) is 14.7 Å². The van der Waals surface area contributed by atoms with Gasteiger partial charge in [-0.25, -0.2) is 4.67 Å². The smallest absolute Gasteiger partial charge is 0.272 e. The summed E-state index contributed by atoms with van der Waals surface area (Å²) in [4.78, 5) is 10.3. The van der Waals surface area contributed by atoms with Crippen LogP contribution in [0.25, 0.3) is 0 Å². The summed E-state index contributed by atoms with van der Waals surface area (Å²) in [7, 11) is -2.72. The zero-order valence-corrected chi connectivity index (χ0v) is 12.1. The third-order valence-corrected chi connectivity index (χ3v) is 5.31. The Bertz CT molecular complexity index is 557. The fraction of sp³-hybridized carbons (Fsp3) is 0.500. The number of aryl methyl sites for hydroxylation is 1. The molecule has 0 saturated carbocycles. The number of nitro groups is 1. The minimum absolute atomic E-state index is 0.0848. The highest BCUT2D eigenvalue weighted by atomic mass is 31.2. The number of nitro benzene ring substituents is 1. The Balaban J connectivity index is 2.15. The van der Waals surface area contributed by atoms with Crippen molar-refractivity contribution >= 4 is 13.2 Å². The molecule has 0 N–H and O–H groups in total.